The highest BCUT2D eigenvalue weighted by atomic mass is 16.4. The average molecular weight is 263 g/mol. The van der Waals surface area contributed by atoms with Crippen LogP contribution in [0.15, 0.2) is 24.3 Å². The molecule has 5 nitrogen and oxygen atoms in total. The molecule has 1 unspecified atom stereocenters. The van der Waals surface area contributed by atoms with Crippen LogP contribution >= 0.6 is 0 Å². The molecule has 1 saturated carbocycles. The van der Waals surface area contributed by atoms with Gasteiger partial charge in [0.05, 0.1) is 0 Å². The van der Waals surface area contributed by atoms with Gasteiger partial charge in [-0.1, -0.05) is 12.1 Å². The molecule has 0 saturated heterocycles. The predicted octanol–water partition coefficient (Wildman–Crippen LogP) is 1.30. The maximum Gasteiger partial charge on any atom is 0.319 e. The maximum absolute atomic E-state index is 12.1. The van der Waals surface area contributed by atoms with Crippen molar-refractivity contribution in [3.05, 3.63) is 29.8 Å². The van der Waals surface area contributed by atoms with Crippen molar-refractivity contribution < 1.29 is 19.8 Å². The quantitative estimate of drug-likeness (QED) is 0.699. The minimum Gasteiger partial charge on any atom is -0.508 e. The summed E-state index contributed by atoms with van der Waals surface area (Å²) in [5.41, 5.74) is -0.784. The van der Waals surface area contributed by atoms with Crippen LogP contribution in [0.2, 0.25) is 0 Å². The van der Waals surface area contributed by atoms with Crippen molar-refractivity contribution in [2.75, 3.05) is 0 Å². The van der Waals surface area contributed by atoms with E-state index in [2.05, 4.69) is 5.32 Å². The van der Waals surface area contributed by atoms with Crippen molar-refractivity contribution in [3.63, 3.8) is 0 Å². The number of carboxylic acid groups (broad SMARTS) is 1. The first kappa shape index (κ1) is 13.4. The first-order valence-electron chi connectivity index (χ1n) is 6.24. The van der Waals surface area contributed by atoms with Gasteiger partial charge in [-0.2, -0.15) is 0 Å². The van der Waals surface area contributed by atoms with Crippen LogP contribution < -0.4 is 5.32 Å². The SMILES string of the molecule is CC(Cc1ccc(O)cc1)(C(=O)O)C(=O)NC1CC1. The van der Waals surface area contributed by atoms with Crippen molar-refractivity contribution >= 4 is 11.9 Å². The number of aromatic hydroxyl groups is 1. The van der Waals surface area contributed by atoms with Crippen molar-refractivity contribution in [1.29, 1.82) is 0 Å². The number of amides is 1. The van der Waals surface area contributed by atoms with Crippen LogP contribution in [-0.4, -0.2) is 28.1 Å². The number of phenols is 1. The number of benzene rings is 1. The molecule has 1 aliphatic rings. The highest BCUT2D eigenvalue weighted by Crippen LogP contribution is 2.27. The average Bonchev–Trinajstić information content (AvgIpc) is 3.15. The maximum atomic E-state index is 12.1. The Morgan fingerprint density at radius 2 is 1.89 bits per heavy atom. The molecule has 0 heterocycles. The third-order valence-electron chi connectivity index (χ3n) is 3.38. The summed E-state index contributed by atoms with van der Waals surface area (Å²) >= 11 is 0. The molecule has 1 amide bonds. The van der Waals surface area contributed by atoms with E-state index in [0.717, 1.165) is 12.8 Å². The Morgan fingerprint density at radius 1 is 1.32 bits per heavy atom. The highest BCUT2D eigenvalue weighted by Gasteiger charge is 2.43. The molecule has 1 aromatic carbocycles. The van der Waals surface area contributed by atoms with E-state index >= 15 is 0 Å². The second-order valence-electron chi connectivity index (χ2n) is 5.23. The Hall–Kier alpha value is -2.04. The monoisotopic (exact) mass is 263 g/mol. The predicted molar refractivity (Wildman–Crippen MR) is 68.7 cm³/mol. The first-order chi connectivity index (χ1) is 8.91. The standard InChI is InChI=1S/C14H17NO4/c1-14(13(18)19,12(17)15-10-4-5-10)8-9-2-6-11(16)7-3-9/h2-3,6-7,10,16H,4-5,8H2,1H3,(H,15,17)(H,18,19). The summed E-state index contributed by atoms with van der Waals surface area (Å²) in [6, 6.07) is 6.35. The third kappa shape index (κ3) is 3.05. The number of phenolic OH excluding ortho intramolecular Hbond substituents is 1. The second-order valence-corrected chi connectivity index (χ2v) is 5.23. The zero-order valence-corrected chi connectivity index (χ0v) is 10.7. The lowest BCUT2D eigenvalue weighted by Crippen LogP contribution is -2.46. The molecule has 1 fully saturated rings. The number of carboxylic acids is 1. The van der Waals surface area contributed by atoms with Crippen LogP contribution in [0.5, 0.6) is 5.75 Å². The molecule has 0 spiro atoms. The van der Waals surface area contributed by atoms with Gasteiger partial charge in [-0.3, -0.25) is 9.59 Å². The Bertz CT molecular complexity index is 493. The van der Waals surface area contributed by atoms with Crippen LogP contribution in [0, 0.1) is 5.41 Å². The molecular weight excluding hydrogens is 246 g/mol. The van der Waals surface area contributed by atoms with E-state index in [-0.39, 0.29) is 18.2 Å². The lowest BCUT2D eigenvalue weighted by molar-refractivity contribution is -0.154. The van der Waals surface area contributed by atoms with E-state index in [4.69, 9.17) is 0 Å². The summed E-state index contributed by atoms with van der Waals surface area (Å²) in [5.74, 6) is -1.47. The van der Waals surface area contributed by atoms with E-state index in [0.29, 0.717) is 5.56 Å². The van der Waals surface area contributed by atoms with E-state index in [1.807, 2.05) is 0 Å². The van der Waals surface area contributed by atoms with Gasteiger partial charge in [0.1, 0.15) is 11.2 Å². The van der Waals surface area contributed by atoms with Crippen LogP contribution in [0.25, 0.3) is 0 Å². The zero-order valence-electron chi connectivity index (χ0n) is 10.7. The van der Waals surface area contributed by atoms with Gasteiger partial charge >= 0.3 is 5.97 Å². The van der Waals surface area contributed by atoms with E-state index in [9.17, 15) is 19.8 Å². The highest BCUT2D eigenvalue weighted by molar-refractivity contribution is 6.02. The molecule has 1 atom stereocenters. The molecule has 1 aliphatic carbocycles. The fraction of sp³-hybridized carbons (Fsp3) is 0.429. The van der Waals surface area contributed by atoms with Gasteiger partial charge in [-0.15, -0.1) is 0 Å². The lowest BCUT2D eigenvalue weighted by atomic mass is 9.82. The number of carbonyl (C=O) groups excluding carboxylic acids is 1. The smallest absolute Gasteiger partial charge is 0.319 e. The van der Waals surface area contributed by atoms with Crippen LogP contribution in [0.1, 0.15) is 25.3 Å². The number of carbonyl (C=O) groups is 2. The Morgan fingerprint density at radius 3 is 2.37 bits per heavy atom. The number of aliphatic carboxylic acids is 1. The van der Waals surface area contributed by atoms with Crippen LogP contribution in [0.4, 0.5) is 0 Å². The molecule has 0 aromatic heterocycles. The second kappa shape index (κ2) is 4.91. The number of nitrogens with one attached hydrogen (secondary N) is 1. The van der Waals surface area contributed by atoms with Crippen LogP contribution in [0.3, 0.4) is 0 Å². The number of hydrogen-bond donors (Lipinski definition) is 3. The summed E-state index contributed by atoms with van der Waals surface area (Å²) in [6.07, 6.45) is 1.93. The molecule has 3 N–H and O–H groups in total. The topological polar surface area (TPSA) is 86.6 Å². The van der Waals surface area contributed by atoms with Crippen molar-refractivity contribution in [1.82, 2.24) is 5.32 Å². The van der Waals surface area contributed by atoms with Crippen molar-refractivity contribution in [2.24, 2.45) is 5.41 Å². The summed E-state index contributed by atoms with van der Waals surface area (Å²) in [4.78, 5) is 23.5. The Labute approximate surface area is 111 Å². The summed E-state index contributed by atoms with van der Waals surface area (Å²) in [6.45, 7) is 1.43. The molecule has 19 heavy (non-hydrogen) atoms. The fourth-order valence-corrected chi connectivity index (χ4v) is 1.85. The summed E-state index contributed by atoms with van der Waals surface area (Å²) in [7, 11) is 0. The van der Waals surface area contributed by atoms with Gasteiger partial charge in [-0.05, 0) is 43.9 Å². The Kier molecular flexibility index (Phi) is 3.46. The van der Waals surface area contributed by atoms with Gasteiger partial charge in [-0.25, -0.2) is 0 Å². The largest absolute Gasteiger partial charge is 0.508 e. The lowest BCUT2D eigenvalue weighted by Gasteiger charge is -2.24. The van der Waals surface area contributed by atoms with Crippen LogP contribution in [-0.2, 0) is 16.0 Å². The zero-order chi connectivity index (χ0) is 14.0. The molecule has 2 rings (SSSR count). The molecule has 5 heteroatoms. The third-order valence-corrected chi connectivity index (χ3v) is 3.38. The normalized spacial score (nSPS) is 17.5. The molecule has 1 aromatic rings. The number of rotatable bonds is 5. The molecular formula is C14H17NO4. The molecule has 0 bridgehead atoms. The summed E-state index contributed by atoms with van der Waals surface area (Å²) in [5, 5.41) is 21.3. The van der Waals surface area contributed by atoms with Gasteiger partial charge in [0.15, 0.2) is 0 Å². The van der Waals surface area contributed by atoms with Gasteiger partial charge in [0, 0.05) is 6.04 Å². The minimum atomic E-state index is -1.49. The molecule has 0 aliphatic heterocycles. The molecule has 102 valence electrons. The van der Waals surface area contributed by atoms with E-state index in [1.54, 1.807) is 12.1 Å². The summed E-state index contributed by atoms with van der Waals surface area (Å²) < 4.78 is 0. The van der Waals surface area contributed by atoms with Gasteiger partial charge in [0.2, 0.25) is 5.91 Å². The Balaban J connectivity index is 2.15. The van der Waals surface area contributed by atoms with Crippen molar-refractivity contribution in [3.8, 4) is 5.75 Å². The van der Waals surface area contributed by atoms with Gasteiger partial charge in [0.25, 0.3) is 0 Å². The molecule has 0 radical (unpaired) electrons. The van der Waals surface area contributed by atoms with Gasteiger partial charge < -0.3 is 15.5 Å². The fourth-order valence-electron chi connectivity index (χ4n) is 1.85. The van der Waals surface area contributed by atoms with E-state index in [1.165, 1.54) is 19.1 Å². The number of hydrogen-bond acceptors (Lipinski definition) is 3. The van der Waals surface area contributed by atoms with Crippen molar-refractivity contribution in [2.45, 2.75) is 32.2 Å². The first-order valence-corrected chi connectivity index (χ1v) is 6.24. The van der Waals surface area contributed by atoms with E-state index < -0.39 is 17.3 Å². The minimum absolute atomic E-state index is 0.0984.